The summed E-state index contributed by atoms with van der Waals surface area (Å²) in [5.41, 5.74) is 2.51. The first-order chi connectivity index (χ1) is 8.58. The van der Waals surface area contributed by atoms with Gasteiger partial charge in [0.1, 0.15) is 0 Å². The third kappa shape index (κ3) is 2.50. The van der Waals surface area contributed by atoms with E-state index < -0.39 is 5.97 Å². The molecule has 0 aromatic heterocycles. The zero-order valence-electron chi connectivity index (χ0n) is 11.1. The molecule has 1 aliphatic rings. The minimum atomic E-state index is -0.771. The highest BCUT2D eigenvalue weighted by molar-refractivity contribution is 5.71. The van der Waals surface area contributed by atoms with Crippen LogP contribution in [-0.2, 0) is 11.2 Å². The Hall–Kier alpha value is -1.51. The second-order valence-electron chi connectivity index (χ2n) is 5.30. The molecular formula is C15H21NO2. The number of anilines is 1. The molecule has 1 saturated heterocycles. The molecule has 1 fully saturated rings. The summed E-state index contributed by atoms with van der Waals surface area (Å²) >= 11 is 0. The van der Waals surface area contributed by atoms with Crippen LogP contribution in [0.25, 0.3) is 0 Å². The average molecular weight is 247 g/mol. The number of hydrogen-bond acceptors (Lipinski definition) is 2. The van der Waals surface area contributed by atoms with Crippen molar-refractivity contribution in [2.24, 2.45) is 5.41 Å². The molecule has 0 spiro atoms. The van der Waals surface area contributed by atoms with Crippen LogP contribution < -0.4 is 4.90 Å². The van der Waals surface area contributed by atoms with Crippen LogP contribution in [0.3, 0.4) is 0 Å². The highest BCUT2D eigenvalue weighted by Crippen LogP contribution is 2.39. The van der Waals surface area contributed by atoms with E-state index in [0.717, 1.165) is 24.3 Å². The van der Waals surface area contributed by atoms with Gasteiger partial charge in [-0.15, -0.1) is 0 Å². The van der Waals surface area contributed by atoms with E-state index in [9.17, 15) is 4.79 Å². The maximum absolute atomic E-state index is 10.7. The molecule has 0 unspecified atom stereocenters. The predicted octanol–water partition coefficient (Wildman–Crippen LogP) is 2.94. The number of nitrogens with zero attached hydrogens (tertiary/aromatic N) is 1. The fourth-order valence-electron chi connectivity index (χ4n) is 2.68. The molecule has 1 heterocycles. The lowest BCUT2D eigenvalue weighted by molar-refractivity contribution is -0.136. The maximum Gasteiger partial charge on any atom is 0.307 e. The topological polar surface area (TPSA) is 40.5 Å². The van der Waals surface area contributed by atoms with Crippen molar-refractivity contribution in [2.45, 2.75) is 33.1 Å². The largest absolute Gasteiger partial charge is 0.481 e. The quantitative estimate of drug-likeness (QED) is 0.869. The highest BCUT2D eigenvalue weighted by atomic mass is 16.4. The Kier molecular flexibility index (Phi) is 3.60. The smallest absolute Gasteiger partial charge is 0.307 e. The maximum atomic E-state index is 10.7. The summed E-state index contributed by atoms with van der Waals surface area (Å²) < 4.78 is 0. The van der Waals surface area contributed by atoms with Crippen molar-refractivity contribution >= 4 is 11.7 Å². The summed E-state index contributed by atoms with van der Waals surface area (Å²) in [4.78, 5) is 13.1. The molecule has 0 bridgehead atoms. The van der Waals surface area contributed by atoms with Crippen molar-refractivity contribution in [3.05, 3.63) is 29.8 Å². The molecular weight excluding hydrogens is 226 g/mol. The summed E-state index contributed by atoms with van der Waals surface area (Å²) in [6.07, 6.45) is 2.54. The summed E-state index contributed by atoms with van der Waals surface area (Å²) in [5, 5.41) is 8.81. The highest BCUT2D eigenvalue weighted by Gasteiger charge is 2.39. The van der Waals surface area contributed by atoms with E-state index in [2.05, 4.69) is 24.8 Å². The van der Waals surface area contributed by atoms with Gasteiger partial charge in [0.15, 0.2) is 0 Å². The van der Waals surface area contributed by atoms with Gasteiger partial charge in [0.05, 0.1) is 6.42 Å². The second-order valence-corrected chi connectivity index (χ2v) is 5.30. The Morgan fingerprint density at radius 1 is 1.33 bits per heavy atom. The third-order valence-electron chi connectivity index (χ3n) is 4.18. The van der Waals surface area contributed by atoms with E-state index in [1.165, 1.54) is 12.8 Å². The van der Waals surface area contributed by atoms with Crippen molar-refractivity contribution < 1.29 is 9.90 Å². The minimum absolute atomic E-state index is 0.106. The average Bonchev–Trinajstić information content (AvgIpc) is 2.28. The van der Waals surface area contributed by atoms with Crippen molar-refractivity contribution in [3.8, 4) is 0 Å². The van der Waals surface area contributed by atoms with E-state index >= 15 is 0 Å². The molecule has 3 nitrogen and oxygen atoms in total. The number of aliphatic carboxylic acids is 1. The fraction of sp³-hybridized carbons (Fsp3) is 0.533. The van der Waals surface area contributed by atoms with E-state index in [4.69, 9.17) is 5.11 Å². The Bertz CT molecular complexity index is 430. The summed E-state index contributed by atoms with van der Waals surface area (Å²) in [7, 11) is 0. The van der Waals surface area contributed by atoms with Crippen LogP contribution in [0.15, 0.2) is 24.3 Å². The first-order valence-corrected chi connectivity index (χ1v) is 6.64. The lowest BCUT2D eigenvalue weighted by Gasteiger charge is -2.51. The van der Waals surface area contributed by atoms with Crippen LogP contribution >= 0.6 is 0 Å². The second kappa shape index (κ2) is 5.01. The molecule has 2 rings (SSSR count). The predicted molar refractivity (Wildman–Crippen MR) is 73.0 cm³/mol. The monoisotopic (exact) mass is 247 g/mol. The van der Waals surface area contributed by atoms with Gasteiger partial charge in [-0.25, -0.2) is 0 Å². The molecule has 1 aromatic rings. The van der Waals surface area contributed by atoms with Gasteiger partial charge >= 0.3 is 5.97 Å². The molecule has 1 aliphatic heterocycles. The molecule has 1 aromatic carbocycles. The SMILES string of the molecule is CCC1(CC)CN(c2cccc(CC(=O)O)c2)C1. The van der Waals surface area contributed by atoms with Gasteiger partial charge in [0, 0.05) is 24.2 Å². The molecule has 18 heavy (non-hydrogen) atoms. The van der Waals surface area contributed by atoms with E-state index in [1.54, 1.807) is 0 Å². The van der Waals surface area contributed by atoms with Crippen LogP contribution in [0.2, 0.25) is 0 Å². The van der Waals surface area contributed by atoms with Crippen LogP contribution in [0.1, 0.15) is 32.3 Å². The molecule has 0 saturated carbocycles. The molecule has 98 valence electrons. The lowest BCUT2D eigenvalue weighted by atomic mass is 9.75. The Morgan fingerprint density at radius 3 is 2.56 bits per heavy atom. The number of benzene rings is 1. The van der Waals surface area contributed by atoms with Gasteiger partial charge in [-0.1, -0.05) is 26.0 Å². The standard InChI is InChI=1S/C15H21NO2/c1-3-15(4-2)10-16(11-15)13-7-5-6-12(8-13)9-14(17)18/h5-8H,3-4,9-11H2,1-2H3,(H,17,18). The van der Waals surface area contributed by atoms with Gasteiger partial charge < -0.3 is 10.0 Å². The first-order valence-electron chi connectivity index (χ1n) is 6.64. The van der Waals surface area contributed by atoms with E-state index in [1.807, 2.05) is 18.2 Å². The lowest BCUT2D eigenvalue weighted by Crippen LogP contribution is -2.55. The van der Waals surface area contributed by atoms with Crippen molar-refractivity contribution in [1.29, 1.82) is 0 Å². The van der Waals surface area contributed by atoms with Crippen LogP contribution in [-0.4, -0.2) is 24.2 Å². The van der Waals surface area contributed by atoms with Gasteiger partial charge in [0.25, 0.3) is 0 Å². The van der Waals surface area contributed by atoms with E-state index in [0.29, 0.717) is 5.41 Å². The van der Waals surface area contributed by atoms with Gasteiger partial charge in [-0.2, -0.15) is 0 Å². The third-order valence-corrected chi connectivity index (χ3v) is 4.18. The van der Waals surface area contributed by atoms with Gasteiger partial charge in [0.2, 0.25) is 0 Å². The molecule has 1 N–H and O–H groups in total. The normalized spacial score (nSPS) is 17.3. The van der Waals surface area contributed by atoms with Crippen LogP contribution in [0, 0.1) is 5.41 Å². The molecule has 0 amide bonds. The molecule has 0 aliphatic carbocycles. The fourth-order valence-corrected chi connectivity index (χ4v) is 2.68. The number of carboxylic acids is 1. The summed E-state index contributed by atoms with van der Waals surface area (Å²) in [5.74, 6) is -0.771. The number of rotatable bonds is 5. The Labute approximate surface area is 108 Å². The number of hydrogen-bond donors (Lipinski definition) is 1. The zero-order valence-corrected chi connectivity index (χ0v) is 11.1. The van der Waals surface area contributed by atoms with Gasteiger partial charge in [-0.3, -0.25) is 4.79 Å². The summed E-state index contributed by atoms with van der Waals surface area (Å²) in [6, 6.07) is 7.90. The first kappa shape index (κ1) is 12.9. The van der Waals surface area contributed by atoms with Crippen LogP contribution in [0.4, 0.5) is 5.69 Å². The minimum Gasteiger partial charge on any atom is -0.481 e. The molecule has 0 radical (unpaired) electrons. The Balaban J connectivity index is 2.05. The van der Waals surface area contributed by atoms with Crippen LogP contribution in [0.5, 0.6) is 0 Å². The molecule has 3 heteroatoms. The zero-order chi connectivity index (χ0) is 13.2. The van der Waals surface area contributed by atoms with Crippen molar-refractivity contribution in [3.63, 3.8) is 0 Å². The van der Waals surface area contributed by atoms with Crippen molar-refractivity contribution in [2.75, 3.05) is 18.0 Å². The van der Waals surface area contributed by atoms with Gasteiger partial charge in [-0.05, 0) is 30.5 Å². The number of carboxylic acid groups (broad SMARTS) is 1. The number of carbonyl (C=O) groups is 1. The molecule has 0 atom stereocenters. The van der Waals surface area contributed by atoms with Crippen molar-refractivity contribution in [1.82, 2.24) is 0 Å². The Morgan fingerprint density at radius 2 is 2.00 bits per heavy atom. The van der Waals surface area contributed by atoms with E-state index in [-0.39, 0.29) is 6.42 Å². The summed E-state index contributed by atoms with van der Waals surface area (Å²) in [6.45, 7) is 6.69.